The molecule has 6 heteroatoms. The largest absolute Gasteiger partial charge is 0.271 e. The molecule has 0 atom stereocenters. The van der Waals surface area contributed by atoms with E-state index >= 15 is 0 Å². The molecule has 0 radical (unpaired) electrons. The van der Waals surface area contributed by atoms with Crippen LogP contribution in [-0.4, -0.2) is 18.2 Å². The van der Waals surface area contributed by atoms with E-state index in [9.17, 15) is 8.42 Å². The zero-order valence-corrected chi connectivity index (χ0v) is 9.72. The third-order valence-corrected chi connectivity index (χ3v) is 3.14. The van der Waals surface area contributed by atoms with Gasteiger partial charge >= 0.3 is 0 Å². The summed E-state index contributed by atoms with van der Waals surface area (Å²) in [5, 5.41) is 3.91. The maximum Gasteiger partial charge on any atom is 0.264 e. The third kappa shape index (κ3) is 3.31. The van der Waals surface area contributed by atoms with Crippen LogP contribution in [0.4, 0.5) is 0 Å². The zero-order valence-electron chi connectivity index (χ0n) is 8.14. The van der Waals surface area contributed by atoms with Crippen molar-refractivity contribution in [3.05, 3.63) is 12.4 Å². The molecule has 0 aliphatic rings. The molecule has 1 rings (SSSR count). The average molecular weight is 237 g/mol. The summed E-state index contributed by atoms with van der Waals surface area (Å²) in [5.74, 6) is 0.565. The Labute approximate surface area is 88.3 Å². The molecule has 14 heavy (non-hydrogen) atoms. The lowest BCUT2D eigenvalue weighted by Crippen LogP contribution is -2.01. The van der Waals surface area contributed by atoms with Crippen molar-refractivity contribution < 1.29 is 8.42 Å². The first-order valence-corrected chi connectivity index (χ1v) is 6.67. The standard InChI is InChI=1S/C8H13ClN2O2S/c1-7(2)3-4-11-6-8(5-10-11)14(9,12)13/h5-7H,3-4H2,1-2H3. The second-order valence-electron chi connectivity index (χ2n) is 3.56. The summed E-state index contributed by atoms with van der Waals surface area (Å²) in [6.07, 6.45) is 3.68. The van der Waals surface area contributed by atoms with E-state index in [2.05, 4.69) is 18.9 Å². The van der Waals surface area contributed by atoms with E-state index in [0.29, 0.717) is 12.5 Å². The maximum atomic E-state index is 10.9. The summed E-state index contributed by atoms with van der Waals surface area (Å²) in [7, 11) is 1.52. The second-order valence-corrected chi connectivity index (χ2v) is 6.13. The van der Waals surface area contributed by atoms with Crippen molar-refractivity contribution in [2.45, 2.75) is 31.7 Å². The summed E-state index contributed by atoms with van der Waals surface area (Å²) >= 11 is 0. The van der Waals surface area contributed by atoms with Crippen molar-refractivity contribution in [2.75, 3.05) is 0 Å². The van der Waals surface area contributed by atoms with E-state index in [1.165, 1.54) is 12.4 Å². The Hall–Kier alpha value is -0.550. The van der Waals surface area contributed by atoms with Crippen molar-refractivity contribution in [1.82, 2.24) is 9.78 Å². The fourth-order valence-corrected chi connectivity index (χ4v) is 1.64. The monoisotopic (exact) mass is 236 g/mol. The quantitative estimate of drug-likeness (QED) is 0.750. The number of aromatic nitrogens is 2. The van der Waals surface area contributed by atoms with Crippen molar-refractivity contribution >= 4 is 19.7 Å². The molecule has 0 fully saturated rings. The summed E-state index contributed by atoms with van der Waals surface area (Å²) in [6, 6.07) is 0. The molecule has 0 bridgehead atoms. The van der Waals surface area contributed by atoms with E-state index < -0.39 is 9.05 Å². The van der Waals surface area contributed by atoms with Crippen LogP contribution in [0.15, 0.2) is 17.3 Å². The SMILES string of the molecule is CC(C)CCn1cc(S(=O)(=O)Cl)cn1. The van der Waals surface area contributed by atoms with Gasteiger partial charge in [0.2, 0.25) is 0 Å². The van der Waals surface area contributed by atoms with E-state index in [-0.39, 0.29) is 4.90 Å². The van der Waals surface area contributed by atoms with Crippen molar-refractivity contribution in [2.24, 2.45) is 5.92 Å². The molecule has 1 aromatic heterocycles. The van der Waals surface area contributed by atoms with E-state index in [1.807, 2.05) is 0 Å². The number of nitrogens with zero attached hydrogens (tertiary/aromatic N) is 2. The van der Waals surface area contributed by atoms with Gasteiger partial charge in [0.25, 0.3) is 9.05 Å². The average Bonchev–Trinajstić information content (AvgIpc) is 2.47. The van der Waals surface area contributed by atoms with Gasteiger partial charge in [0.15, 0.2) is 0 Å². The number of halogens is 1. The van der Waals surface area contributed by atoms with Crippen LogP contribution in [-0.2, 0) is 15.6 Å². The predicted octanol–water partition coefficient (Wildman–Crippen LogP) is 1.86. The van der Waals surface area contributed by atoms with Gasteiger partial charge in [-0.2, -0.15) is 5.10 Å². The first-order valence-electron chi connectivity index (χ1n) is 4.36. The molecule has 0 aliphatic carbocycles. The highest BCUT2D eigenvalue weighted by Crippen LogP contribution is 2.13. The smallest absolute Gasteiger partial charge is 0.264 e. The molecule has 0 N–H and O–H groups in total. The second kappa shape index (κ2) is 4.31. The van der Waals surface area contributed by atoms with Crippen molar-refractivity contribution in [3.8, 4) is 0 Å². The van der Waals surface area contributed by atoms with Crippen LogP contribution in [0.5, 0.6) is 0 Å². The minimum Gasteiger partial charge on any atom is -0.271 e. The van der Waals surface area contributed by atoms with Crippen LogP contribution in [0.1, 0.15) is 20.3 Å². The zero-order chi connectivity index (χ0) is 10.8. The first kappa shape index (κ1) is 11.5. The van der Waals surface area contributed by atoms with E-state index in [1.54, 1.807) is 4.68 Å². The summed E-state index contributed by atoms with van der Waals surface area (Å²) in [5.41, 5.74) is 0. The third-order valence-electron chi connectivity index (χ3n) is 1.83. The number of hydrogen-bond donors (Lipinski definition) is 0. The van der Waals surface area contributed by atoms with Gasteiger partial charge in [-0.05, 0) is 12.3 Å². The normalized spacial score (nSPS) is 12.3. The predicted molar refractivity (Wildman–Crippen MR) is 54.7 cm³/mol. The Bertz CT molecular complexity index is 397. The molecule has 0 unspecified atom stereocenters. The molecular weight excluding hydrogens is 224 g/mol. The summed E-state index contributed by atoms with van der Waals surface area (Å²) < 4.78 is 23.4. The summed E-state index contributed by atoms with van der Waals surface area (Å²) in [6.45, 7) is 4.91. The fraction of sp³-hybridized carbons (Fsp3) is 0.625. The Kier molecular flexibility index (Phi) is 3.55. The van der Waals surface area contributed by atoms with E-state index in [0.717, 1.165) is 6.42 Å². The molecule has 0 aromatic carbocycles. The van der Waals surface area contributed by atoms with Crippen LogP contribution in [0.3, 0.4) is 0 Å². The molecule has 1 aromatic rings. The van der Waals surface area contributed by atoms with Gasteiger partial charge in [-0.25, -0.2) is 8.42 Å². The first-order chi connectivity index (χ1) is 6.39. The van der Waals surface area contributed by atoms with Crippen molar-refractivity contribution in [3.63, 3.8) is 0 Å². The van der Waals surface area contributed by atoms with Gasteiger partial charge in [0.1, 0.15) is 4.90 Å². The highest BCUT2D eigenvalue weighted by atomic mass is 35.7. The molecule has 0 aliphatic heterocycles. The van der Waals surface area contributed by atoms with Crippen LogP contribution in [0.25, 0.3) is 0 Å². The van der Waals surface area contributed by atoms with Gasteiger partial charge in [-0.15, -0.1) is 0 Å². The molecule has 4 nitrogen and oxygen atoms in total. The number of aryl methyl sites for hydroxylation is 1. The van der Waals surface area contributed by atoms with Crippen molar-refractivity contribution in [1.29, 1.82) is 0 Å². The molecule has 80 valence electrons. The molecule has 0 spiro atoms. The van der Waals surface area contributed by atoms with Gasteiger partial charge < -0.3 is 0 Å². The lowest BCUT2D eigenvalue weighted by atomic mass is 10.1. The Morgan fingerprint density at radius 1 is 1.57 bits per heavy atom. The van der Waals surface area contributed by atoms with Gasteiger partial charge in [-0.1, -0.05) is 13.8 Å². The fourth-order valence-electron chi connectivity index (χ4n) is 0.983. The summed E-state index contributed by atoms with van der Waals surface area (Å²) in [4.78, 5) is 0.0583. The Balaban J connectivity index is 2.70. The van der Waals surface area contributed by atoms with Crippen LogP contribution in [0, 0.1) is 5.92 Å². The molecule has 0 amide bonds. The van der Waals surface area contributed by atoms with Gasteiger partial charge in [-0.3, -0.25) is 4.68 Å². The van der Waals surface area contributed by atoms with Crippen LogP contribution >= 0.6 is 10.7 Å². The highest BCUT2D eigenvalue weighted by Gasteiger charge is 2.12. The van der Waals surface area contributed by atoms with Gasteiger partial charge in [0, 0.05) is 23.4 Å². The van der Waals surface area contributed by atoms with E-state index in [4.69, 9.17) is 10.7 Å². The minimum atomic E-state index is -3.63. The Morgan fingerprint density at radius 2 is 2.21 bits per heavy atom. The number of rotatable bonds is 4. The topological polar surface area (TPSA) is 52.0 Å². The van der Waals surface area contributed by atoms with Gasteiger partial charge in [0.05, 0.1) is 6.20 Å². The maximum absolute atomic E-state index is 10.9. The molecule has 1 heterocycles. The lowest BCUT2D eigenvalue weighted by Gasteiger charge is -2.03. The Morgan fingerprint density at radius 3 is 2.64 bits per heavy atom. The highest BCUT2D eigenvalue weighted by molar-refractivity contribution is 8.13. The van der Waals surface area contributed by atoms with Crippen LogP contribution < -0.4 is 0 Å². The molecule has 0 saturated heterocycles. The minimum absolute atomic E-state index is 0.0583. The number of hydrogen-bond acceptors (Lipinski definition) is 3. The lowest BCUT2D eigenvalue weighted by molar-refractivity contribution is 0.486. The molecular formula is C8H13ClN2O2S. The molecule has 0 saturated carbocycles. The van der Waals surface area contributed by atoms with Crippen LogP contribution in [0.2, 0.25) is 0 Å².